The third kappa shape index (κ3) is 2.46. The summed E-state index contributed by atoms with van der Waals surface area (Å²) in [5, 5.41) is 3.44. The van der Waals surface area contributed by atoms with Crippen LogP contribution in [0.25, 0.3) is 0 Å². The Kier molecular flexibility index (Phi) is 4.00. The van der Waals surface area contributed by atoms with E-state index in [4.69, 9.17) is 0 Å². The summed E-state index contributed by atoms with van der Waals surface area (Å²) >= 11 is 0. The lowest BCUT2D eigenvalue weighted by atomic mass is 9.87. The monoisotopic (exact) mass is 217 g/mol. The quantitative estimate of drug-likeness (QED) is 0.819. The molecule has 0 aliphatic carbocycles. The van der Waals surface area contributed by atoms with Crippen LogP contribution in [0.1, 0.15) is 49.3 Å². The first-order chi connectivity index (χ1) is 7.85. The van der Waals surface area contributed by atoms with Crippen molar-refractivity contribution in [2.24, 2.45) is 0 Å². The number of aryl methyl sites for hydroxylation is 2. The van der Waals surface area contributed by atoms with Crippen LogP contribution in [-0.2, 0) is 12.8 Å². The molecule has 1 N–H and O–H groups in total. The zero-order chi connectivity index (χ0) is 11.4. The molecule has 1 aliphatic rings. The molecule has 0 bridgehead atoms. The summed E-state index contributed by atoms with van der Waals surface area (Å²) in [6, 6.07) is 7.15. The lowest BCUT2D eigenvalue weighted by Gasteiger charge is -2.24. The third-order valence-corrected chi connectivity index (χ3v) is 3.80. The van der Waals surface area contributed by atoms with E-state index in [1.807, 2.05) is 0 Å². The highest BCUT2D eigenvalue weighted by Gasteiger charge is 2.15. The highest BCUT2D eigenvalue weighted by Crippen LogP contribution is 2.27. The molecule has 0 saturated carbocycles. The summed E-state index contributed by atoms with van der Waals surface area (Å²) < 4.78 is 0. The lowest BCUT2D eigenvalue weighted by molar-refractivity contribution is 0.460. The van der Waals surface area contributed by atoms with Gasteiger partial charge in [-0.1, -0.05) is 32.0 Å². The minimum atomic E-state index is 0.789. The van der Waals surface area contributed by atoms with E-state index in [-0.39, 0.29) is 0 Å². The van der Waals surface area contributed by atoms with Crippen LogP contribution in [-0.4, -0.2) is 13.1 Å². The normalized spacial score (nSPS) is 17.6. The molecule has 0 aromatic heterocycles. The van der Waals surface area contributed by atoms with Crippen LogP contribution < -0.4 is 5.32 Å². The molecule has 2 rings (SSSR count). The van der Waals surface area contributed by atoms with Crippen LogP contribution in [0.15, 0.2) is 18.2 Å². The molecule has 1 aromatic rings. The van der Waals surface area contributed by atoms with Gasteiger partial charge in [-0.15, -0.1) is 0 Å². The van der Waals surface area contributed by atoms with Gasteiger partial charge in [-0.25, -0.2) is 0 Å². The van der Waals surface area contributed by atoms with Gasteiger partial charge in [0.1, 0.15) is 0 Å². The topological polar surface area (TPSA) is 12.0 Å². The Labute approximate surface area is 99.3 Å². The second-order valence-corrected chi connectivity index (χ2v) is 4.76. The molecular weight excluding hydrogens is 194 g/mol. The fourth-order valence-corrected chi connectivity index (χ4v) is 2.73. The molecule has 88 valence electrons. The van der Waals surface area contributed by atoms with Gasteiger partial charge in [-0.05, 0) is 61.4 Å². The molecule has 0 unspecified atom stereocenters. The largest absolute Gasteiger partial charge is 0.317 e. The van der Waals surface area contributed by atoms with Gasteiger partial charge >= 0.3 is 0 Å². The summed E-state index contributed by atoms with van der Waals surface area (Å²) in [7, 11) is 0. The molecule has 0 amide bonds. The molecule has 1 saturated heterocycles. The Morgan fingerprint density at radius 1 is 1.06 bits per heavy atom. The summed E-state index contributed by atoms with van der Waals surface area (Å²) in [5.74, 6) is 0.789. The predicted molar refractivity (Wildman–Crippen MR) is 70.0 cm³/mol. The molecule has 0 atom stereocenters. The molecule has 0 radical (unpaired) electrons. The average molecular weight is 217 g/mol. The Morgan fingerprint density at radius 3 is 2.38 bits per heavy atom. The molecule has 1 heterocycles. The van der Waals surface area contributed by atoms with Crippen LogP contribution in [0.2, 0.25) is 0 Å². The summed E-state index contributed by atoms with van der Waals surface area (Å²) in [4.78, 5) is 0. The van der Waals surface area contributed by atoms with Crippen molar-refractivity contribution < 1.29 is 0 Å². The number of nitrogens with one attached hydrogen (secondary N) is 1. The highest BCUT2D eigenvalue weighted by molar-refractivity contribution is 5.34. The van der Waals surface area contributed by atoms with Crippen molar-refractivity contribution in [1.82, 2.24) is 5.32 Å². The van der Waals surface area contributed by atoms with Gasteiger partial charge in [-0.3, -0.25) is 0 Å². The molecule has 1 aromatic carbocycles. The van der Waals surface area contributed by atoms with Crippen molar-refractivity contribution in [3.8, 4) is 0 Å². The number of benzene rings is 1. The summed E-state index contributed by atoms with van der Waals surface area (Å²) in [6.07, 6.45) is 4.93. The Bertz CT molecular complexity index is 337. The van der Waals surface area contributed by atoms with Crippen LogP contribution >= 0.6 is 0 Å². The van der Waals surface area contributed by atoms with Crippen LogP contribution in [0.4, 0.5) is 0 Å². The van der Waals surface area contributed by atoms with Crippen molar-refractivity contribution in [2.45, 2.75) is 45.4 Å². The summed E-state index contributed by atoms with van der Waals surface area (Å²) in [6.45, 7) is 6.88. The fourth-order valence-electron chi connectivity index (χ4n) is 2.73. The summed E-state index contributed by atoms with van der Waals surface area (Å²) in [5.41, 5.74) is 4.65. The molecule has 1 aliphatic heterocycles. The van der Waals surface area contributed by atoms with E-state index in [9.17, 15) is 0 Å². The highest BCUT2D eigenvalue weighted by atomic mass is 14.9. The van der Waals surface area contributed by atoms with Crippen LogP contribution in [0, 0.1) is 0 Å². The fraction of sp³-hybridized carbons (Fsp3) is 0.600. The van der Waals surface area contributed by atoms with Gasteiger partial charge in [0, 0.05) is 0 Å². The maximum Gasteiger partial charge on any atom is -0.00431 e. The number of hydrogen-bond acceptors (Lipinski definition) is 1. The van der Waals surface area contributed by atoms with Crippen molar-refractivity contribution >= 4 is 0 Å². The minimum Gasteiger partial charge on any atom is -0.317 e. The molecule has 16 heavy (non-hydrogen) atoms. The van der Waals surface area contributed by atoms with E-state index < -0.39 is 0 Å². The molecule has 0 spiro atoms. The SMILES string of the molecule is CCc1ccc(C2CCNCC2)cc1CC. The first kappa shape index (κ1) is 11.7. The van der Waals surface area contributed by atoms with Crippen molar-refractivity contribution in [3.05, 3.63) is 34.9 Å². The van der Waals surface area contributed by atoms with Crippen LogP contribution in [0.5, 0.6) is 0 Å². The van der Waals surface area contributed by atoms with E-state index in [1.54, 1.807) is 11.1 Å². The van der Waals surface area contributed by atoms with Gasteiger partial charge in [0.15, 0.2) is 0 Å². The zero-order valence-corrected chi connectivity index (χ0v) is 10.6. The van der Waals surface area contributed by atoms with Crippen molar-refractivity contribution in [1.29, 1.82) is 0 Å². The van der Waals surface area contributed by atoms with E-state index in [0.717, 1.165) is 12.3 Å². The Hall–Kier alpha value is -0.820. The lowest BCUT2D eigenvalue weighted by Crippen LogP contribution is -2.26. The Morgan fingerprint density at radius 2 is 1.75 bits per heavy atom. The smallest absolute Gasteiger partial charge is 0.00431 e. The molecular formula is C15H23N. The first-order valence-electron chi connectivity index (χ1n) is 6.67. The first-order valence-corrected chi connectivity index (χ1v) is 6.67. The van der Waals surface area contributed by atoms with Crippen molar-refractivity contribution in [2.75, 3.05) is 13.1 Å². The maximum absolute atomic E-state index is 3.44. The number of piperidine rings is 1. The van der Waals surface area contributed by atoms with E-state index in [0.29, 0.717) is 0 Å². The molecule has 1 nitrogen and oxygen atoms in total. The van der Waals surface area contributed by atoms with Gasteiger partial charge in [0.05, 0.1) is 0 Å². The zero-order valence-electron chi connectivity index (χ0n) is 10.6. The van der Waals surface area contributed by atoms with Gasteiger partial charge in [0.25, 0.3) is 0 Å². The van der Waals surface area contributed by atoms with Gasteiger partial charge < -0.3 is 5.32 Å². The van der Waals surface area contributed by atoms with E-state index >= 15 is 0 Å². The third-order valence-electron chi connectivity index (χ3n) is 3.80. The van der Waals surface area contributed by atoms with Crippen molar-refractivity contribution in [3.63, 3.8) is 0 Å². The maximum atomic E-state index is 3.44. The second kappa shape index (κ2) is 5.49. The minimum absolute atomic E-state index is 0.789. The Balaban J connectivity index is 2.20. The standard InChI is InChI=1S/C15H23N/c1-3-12-5-6-15(11-13(12)4-2)14-7-9-16-10-8-14/h5-6,11,14,16H,3-4,7-10H2,1-2H3. The van der Waals surface area contributed by atoms with Gasteiger partial charge in [0.2, 0.25) is 0 Å². The number of rotatable bonds is 3. The van der Waals surface area contributed by atoms with Crippen LogP contribution in [0.3, 0.4) is 0 Å². The molecule has 1 fully saturated rings. The average Bonchev–Trinajstić information content (AvgIpc) is 2.39. The molecule has 1 heteroatoms. The predicted octanol–water partition coefficient (Wildman–Crippen LogP) is 3.28. The van der Waals surface area contributed by atoms with E-state index in [1.165, 1.54) is 37.9 Å². The second-order valence-electron chi connectivity index (χ2n) is 4.76. The van der Waals surface area contributed by atoms with Gasteiger partial charge in [-0.2, -0.15) is 0 Å². The van der Waals surface area contributed by atoms with E-state index in [2.05, 4.69) is 37.4 Å². The number of hydrogen-bond donors (Lipinski definition) is 1.